The van der Waals surface area contributed by atoms with Crippen LogP contribution in [0, 0.1) is 0 Å². The molecule has 3 aliphatic heterocycles. The zero-order chi connectivity index (χ0) is 29.2. The molecule has 0 bridgehead atoms. The molecule has 0 radical (unpaired) electrons. The lowest BCUT2D eigenvalue weighted by Gasteiger charge is -2.53. The molecular weight excluding hydrogens is 606 g/mol. The van der Waals surface area contributed by atoms with E-state index in [0.29, 0.717) is 67.1 Å². The molecule has 3 saturated heterocycles. The van der Waals surface area contributed by atoms with E-state index in [-0.39, 0.29) is 24.0 Å². The van der Waals surface area contributed by atoms with Gasteiger partial charge in [-0.15, -0.1) is 0 Å². The van der Waals surface area contributed by atoms with Crippen molar-refractivity contribution in [2.24, 2.45) is 0 Å². The Balaban J connectivity index is 1.24. The molecule has 3 aliphatic rings. The normalized spacial score (nSPS) is 23.7. The molecule has 220 valence electrons. The first-order valence-corrected chi connectivity index (χ1v) is 15.0. The number of carboxylic acids is 1. The van der Waals surface area contributed by atoms with Crippen LogP contribution in [0.25, 0.3) is 22.1 Å². The third kappa shape index (κ3) is 4.47. The lowest BCUT2D eigenvalue weighted by molar-refractivity contribution is -0.228. The van der Waals surface area contributed by atoms with Gasteiger partial charge in [0.15, 0.2) is 11.4 Å². The number of anilines is 2. The highest BCUT2D eigenvalue weighted by Gasteiger charge is 2.50. The number of nitrogens with zero attached hydrogens (tertiary/aromatic N) is 5. The molecule has 42 heavy (non-hydrogen) atoms. The van der Waals surface area contributed by atoms with Crippen LogP contribution in [0.5, 0.6) is 5.88 Å². The largest absolute Gasteiger partial charge is 0.480 e. The summed E-state index contributed by atoms with van der Waals surface area (Å²) in [7, 11) is 0. The van der Waals surface area contributed by atoms with Crippen molar-refractivity contribution in [1.29, 1.82) is 0 Å². The van der Waals surface area contributed by atoms with E-state index >= 15 is 0 Å². The average Bonchev–Trinajstić information content (AvgIpc) is 3.54. The number of rotatable bonds is 6. The molecule has 6 heterocycles. The van der Waals surface area contributed by atoms with Crippen molar-refractivity contribution in [2.45, 2.75) is 56.9 Å². The summed E-state index contributed by atoms with van der Waals surface area (Å²) in [6.07, 6.45) is 1.50. The van der Waals surface area contributed by atoms with Crippen molar-refractivity contribution in [2.75, 3.05) is 42.7 Å². The van der Waals surface area contributed by atoms with Gasteiger partial charge in [-0.1, -0.05) is 26.0 Å². The minimum atomic E-state index is -0.951. The lowest BCUT2D eigenvalue weighted by Crippen LogP contribution is -2.68. The fourth-order valence-electron chi connectivity index (χ4n) is 6.17. The van der Waals surface area contributed by atoms with Crippen molar-refractivity contribution < 1.29 is 28.5 Å². The Morgan fingerprint density at radius 3 is 2.76 bits per heavy atom. The molecule has 1 aromatic carbocycles. The Hall–Kier alpha value is -3.48. The van der Waals surface area contributed by atoms with Gasteiger partial charge in [0, 0.05) is 34.9 Å². The summed E-state index contributed by atoms with van der Waals surface area (Å²) in [5.41, 5.74) is 2.32. The van der Waals surface area contributed by atoms with E-state index in [1.807, 2.05) is 44.2 Å². The number of aromatic nitrogens is 3. The number of fused-ring (bicyclic) bond motifs is 3. The zero-order valence-corrected chi connectivity index (χ0v) is 25.2. The van der Waals surface area contributed by atoms with Crippen LogP contribution in [0.1, 0.15) is 38.9 Å². The number of carbonyl (C=O) groups is 1. The molecule has 3 atom stereocenters. The molecule has 3 fully saturated rings. The number of carboxylic acid groups (broad SMARTS) is 1. The standard InChI is InChI=1S/C30H32BrN5O6/c1-16(2)26-33-24-20-6-4-5-7-23(20)42-25(24)27(34-26)36-13-19(11-22(36)29(37)38)41-28-21(10-18(31)12-32-28)35-8-9-40-30(17(35)3)14-39-15-30/h4-7,10,12,16-17,19,22H,8-9,11,13-15H2,1-3H3,(H,37,38)/t17-,19-,22-/m0/s1. The molecule has 11 nitrogen and oxygen atoms in total. The van der Waals surface area contributed by atoms with E-state index in [1.165, 1.54) is 0 Å². The van der Waals surface area contributed by atoms with Gasteiger partial charge in [0.2, 0.25) is 5.88 Å². The molecule has 0 unspecified atom stereocenters. The molecule has 0 amide bonds. The number of hydrogen-bond donors (Lipinski definition) is 1. The predicted molar refractivity (Wildman–Crippen MR) is 159 cm³/mol. The van der Waals surface area contributed by atoms with Gasteiger partial charge in [-0.05, 0) is 41.1 Å². The predicted octanol–water partition coefficient (Wildman–Crippen LogP) is 4.76. The molecular formula is C30H32BrN5O6. The summed E-state index contributed by atoms with van der Waals surface area (Å²) in [4.78, 5) is 30.9. The van der Waals surface area contributed by atoms with Gasteiger partial charge in [0.1, 0.15) is 40.4 Å². The van der Waals surface area contributed by atoms with Crippen molar-refractivity contribution >= 4 is 55.5 Å². The third-order valence-corrected chi connectivity index (χ3v) is 9.02. The number of benzene rings is 1. The highest BCUT2D eigenvalue weighted by Crippen LogP contribution is 2.41. The monoisotopic (exact) mass is 637 g/mol. The first kappa shape index (κ1) is 27.4. The molecule has 12 heteroatoms. The second-order valence-electron chi connectivity index (χ2n) is 11.6. The average molecular weight is 639 g/mol. The molecule has 1 N–H and O–H groups in total. The smallest absolute Gasteiger partial charge is 0.326 e. The topological polar surface area (TPSA) is 123 Å². The fourth-order valence-corrected chi connectivity index (χ4v) is 6.49. The molecule has 4 aromatic rings. The van der Waals surface area contributed by atoms with Crippen LogP contribution in [0.4, 0.5) is 11.5 Å². The lowest BCUT2D eigenvalue weighted by atomic mass is 9.90. The van der Waals surface area contributed by atoms with Gasteiger partial charge < -0.3 is 33.5 Å². The van der Waals surface area contributed by atoms with Gasteiger partial charge in [0.05, 0.1) is 32.4 Å². The van der Waals surface area contributed by atoms with Gasteiger partial charge in [-0.25, -0.2) is 19.7 Å². The summed E-state index contributed by atoms with van der Waals surface area (Å²) < 4.78 is 25.2. The molecule has 1 spiro atoms. The Morgan fingerprint density at radius 2 is 2.02 bits per heavy atom. The highest BCUT2D eigenvalue weighted by molar-refractivity contribution is 9.10. The molecule has 0 aliphatic carbocycles. The Labute approximate surface area is 250 Å². The van der Waals surface area contributed by atoms with Crippen molar-refractivity contribution in [3.63, 3.8) is 0 Å². The van der Waals surface area contributed by atoms with E-state index in [4.69, 9.17) is 28.6 Å². The summed E-state index contributed by atoms with van der Waals surface area (Å²) >= 11 is 3.57. The van der Waals surface area contributed by atoms with Crippen LogP contribution in [0.2, 0.25) is 0 Å². The van der Waals surface area contributed by atoms with E-state index in [9.17, 15) is 9.90 Å². The number of aliphatic carboxylic acids is 1. The van der Waals surface area contributed by atoms with E-state index in [1.54, 1.807) is 11.1 Å². The van der Waals surface area contributed by atoms with Gasteiger partial charge in [-0.3, -0.25) is 0 Å². The quantitative estimate of drug-likeness (QED) is 0.315. The Morgan fingerprint density at radius 1 is 1.21 bits per heavy atom. The highest BCUT2D eigenvalue weighted by atomic mass is 79.9. The number of morpholine rings is 1. The number of pyridine rings is 1. The van der Waals surface area contributed by atoms with Crippen LogP contribution in [0.3, 0.4) is 0 Å². The number of ether oxygens (including phenoxy) is 3. The third-order valence-electron chi connectivity index (χ3n) is 8.59. The maximum Gasteiger partial charge on any atom is 0.326 e. The SMILES string of the molecule is CC(C)c1nc(N2C[C@@H](Oc3ncc(Br)cc3N3CCOC4(COC4)[C@@H]3C)C[C@H]2C(=O)O)c2oc3ccccc3c2n1. The van der Waals surface area contributed by atoms with E-state index < -0.39 is 18.1 Å². The fraction of sp³-hybridized carbons (Fsp3) is 0.467. The summed E-state index contributed by atoms with van der Waals surface area (Å²) in [6.45, 7) is 8.80. The first-order valence-electron chi connectivity index (χ1n) is 14.2. The maximum absolute atomic E-state index is 12.6. The van der Waals surface area contributed by atoms with Crippen molar-refractivity contribution in [3.05, 3.63) is 46.8 Å². The Kier molecular flexibility index (Phi) is 6.74. The van der Waals surface area contributed by atoms with Gasteiger partial charge in [0.25, 0.3) is 0 Å². The van der Waals surface area contributed by atoms with Crippen LogP contribution in [-0.2, 0) is 14.3 Å². The second-order valence-corrected chi connectivity index (χ2v) is 12.5. The Bertz CT molecular complexity index is 1670. The van der Waals surface area contributed by atoms with Crippen molar-refractivity contribution in [3.8, 4) is 5.88 Å². The summed E-state index contributed by atoms with van der Waals surface area (Å²) in [6, 6.07) is 8.86. The molecule has 7 rings (SSSR count). The second kappa shape index (κ2) is 10.4. The van der Waals surface area contributed by atoms with Crippen molar-refractivity contribution in [1.82, 2.24) is 15.0 Å². The van der Waals surface area contributed by atoms with Crippen LogP contribution >= 0.6 is 15.9 Å². The molecule has 3 aromatic heterocycles. The molecule has 0 saturated carbocycles. The summed E-state index contributed by atoms with van der Waals surface area (Å²) in [5.74, 6) is 0.639. The number of furan rings is 1. The number of para-hydroxylation sites is 1. The minimum Gasteiger partial charge on any atom is -0.480 e. The zero-order valence-electron chi connectivity index (χ0n) is 23.6. The number of halogens is 1. The van der Waals surface area contributed by atoms with Gasteiger partial charge >= 0.3 is 5.97 Å². The van der Waals surface area contributed by atoms with Gasteiger partial charge in [-0.2, -0.15) is 0 Å². The van der Waals surface area contributed by atoms with Crippen LogP contribution in [0.15, 0.2) is 45.4 Å². The van der Waals surface area contributed by atoms with Crippen LogP contribution in [-0.4, -0.2) is 82.7 Å². The summed E-state index contributed by atoms with van der Waals surface area (Å²) in [5, 5.41) is 11.2. The van der Waals surface area contributed by atoms with Crippen LogP contribution < -0.4 is 14.5 Å². The number of hydrogen-bond acceptors (Lipinski definition) is 10. The maximum atomic E-state index is 12.6. The van der Waals surface area contributed by atoms with E-state index in [2.05, 4.69) is 32.7 Å². The first-order chi connectivity index (χ1) is 20.2. The minimum absolute atomic E-state index is 0.0362. The van der Waals surface area contributed by atoms with E-state index in [0.717, 1.165) is 15.5 Å².